The van der Waals surface area contributed by atoms with E-state index in [1.165, 1.54) is 4.90 Å². The largest absolute Gasteiger partial charge is 0.490 e. The summed E-state index contributed by atoms with van der Waals surface area (Å²) in [5.41, 5.74) is 2.37. The standard InChI is InChI=1S/C16H15N3O2.C2HF3O2/c17-8-12(11-4-3-7-18-9-11)10-19-15(20)13-5-1-2-6-14(13)16(19)21;3-2(4,5)1(6)7/h1-2,5-6,18H,3-4,7,9-10H2;(H,6,7)/b12-11+;. The number of carbonyl (C=O) groups is 3. The summed E-state index contributed by atoms with van der Waals surface area (Å²) in [5.74, 6) is -3.38. The lowest BCUT2D eigenvalue weighted by Gasteiger charge is -2.20. The third-order valence-corrected chi connectivity index (χ3v) is 4.17. The number of halogens is 3. The fraction of sp³-hybridized carbons (Fsp3) is 0.333. The molecule has 0 saturated carbocycles. The molecule has 28 heavy (non-hydrogen) atoms. The van der Waals surface area contributed by atoms with E-state index in [0.29, 0.717) is 23.2 Å². The number of nitriles is 1. The number of hydrogen-bond donors (Lipinski definition) is 2. The van der Waals surface area contributed by atoms with Crippen LogP contribution in [0.3, 0.4) is 0 Å². The summed E-state index contributed by atoms with van der Waals surface area (Å²) in [6.45, 7) is 1.67. The van der Waals surface area contributed by atoms with Gasteiger partial charge in [-0.1, -0.05) is 12.1 Å². The normalized spacial score (nSPS) is 18.0. The van der Waals surface area contributed by atoms with Crippen molar-refractivity contribution in [2.24, 2.45) is 0 Å². The highest BCUT2D eigenvalue weighted by Gasteiger charge is 2.38. The number of carboxylic acid groups (broad SMARTS) is 1. The second-order valence-electron chi connectivity index (χ2n) is 6.02. The van der Waals surface area contributed by atoms with Gasteiger partial charge in [0.1, 0.15) is 0 Å². The number of carboxylic acids is 1. The first-order valence-electron chi connectivity index (χ1n) is 8.24. The molecular weight excluding hydrogens is 379 g/mol. The van der Waals surface area contributed by atoms with Crippen LogP contribution in [0.1, 0.15) is 33.6 Å². The molecule has 1 aromatic carbocycles. The van der Waals surface area contributed by atoms with Crippen LogP contribution in [0.4, 0.5) is 13.2 Å². The summed E-state index contributed by atoms with van der Waals surface area (Å²) in [6.07, 6.45) is -3.26. The molecule has 1 aromatic rings. The van der Waals surface area contributed by atoms with Gasteiger partial charge in [0.2, 0.25) is 0 Å². The minimum atomic E-state index is -5.08. The van der Waals surface area contributed by atoms with Gasteiger partial charge in [-0.25, -0.2) is 4.79 Å². The molecular formula is C18H16F3N3O4. The number of carbonyl (C=O) groups excluding carboxylic acids is 2. The quantitative estimate of drug-likeness (QED) is 0.586. The topological polar surface area (TPSA) is 111 Å². The summed E-state index contributed by atoms with van der Waals surface area (Å²) in [7, 11) is 0. The Labute approximate surface area is 158 Å². The number of nitrogens with one attached hydrogen (secondary N) is 1. The Morgan fingerprint density at radius 3 is 2.14 bits per heavy atom. The number of piperidine rings is 1. The van der Waals surface area contributed by atoms with Gasteiger partial charge in [-0.2, -0.15) is 18.4 Å². The number of rotatable bonds is 2. The number of benzene rings is 1. The Morgan fingerprint density at radius 2 is 1.75 bits per heavy atom. The molecule has 10 heteroatoms. The average molecular weight is 395 g/mol. The van der Waals surface area contributed by atoms with Gasteiger partial charge in [0.15, 0.2) is 0 Å². The Morgan fingerprint density at radius 1 is 1.21 bits per heavy atom. The predicted molar refractivity (Wildman–Crippen MR) is 90.2 cm³/mol. The van der Waals surface area contributed by atoms with Crippen LogP contribution in [-0.4, -0.2) is 53.6 Å². The van der Waals surface area contributed by atoms with Gasteiger partial charge < -0.3 is 10.4 Å². The van der Waals surface area contributed by atoms with Gasteiger partial charge in [-0.3, -0.25) is 14.5 Å². The molecule has 2 N–H and O–H groups in total. The highest BCUT2D eigenvalue weighted by atomic mass is 19.4. The zero-order valence-corrected chi connectivity index (χ0v) is 14.5. The van der Waals surface area contributed by atoms with E-state index in [-0.39, 0.29) is 18.4 Å². The number of amides is 2. The van der Waals surface area contributed by atoms with Crippen molar-refractivity contribution in [3.63, 3.8) is 0 Å². The van der Waals surface area contributed by atoms with E-state index in [2.05, 4.69) is 11.4 Å². The lowest BCUT2D eigenvalue weighted by molar-refractivity contribution is -0.192. The van der Waals surface area contributed by atoms with Gasteiger partial charge in [-0.05, 0) is 37.1 Å². The summed E-state index contributed by atoms with van der Waals surface area (Å²) in [6, 6.07) is 8.94. The molecule has 2 heterocycles. The zero-order chi connectivity index (χ0) is 20.9. The van der Waals surface area contributed by atoms with E-state index in [9.17, 15) is 28.0 Å². The van der Waals surface area contributed by atoms with Crippen molar-refractivity contribution >= 4 is 17.8 Å². The van der Waals surface area contributed by atoms with Gasteiger partial charge >= 0.3 is 12.1 Å². The molecule has 1 fully saturated rings. The fourth-order valence-electron chi connectivity index (χ4n) is 2.78. The molecule has 148 valence electrons. The van der Waals surface area contributed by atoms with Crippen molar-refractivity contribution in [3.05, 3.63) is 46.5 Å². The smallest absolute Gasteiger partial charge is 0.475 e. The second-order valence-corrected chi connectivity index (χ2v) is 6.02. The Balaban J connectivity index is 0.000000345. The van der Waals surface area contributed by atoms with Gasteiger partial charge in [0.05, 0.1) is 23.7 Å². The van der Waals surface area contributed by atoms with Crippen molar-refractivity contribution in [2.75, 3.05) is 19.6 Å². The van der Waals surface area contributed by atoms with Crippen LogP contribution in [0.2, 0.25) is 0 Å². The summed E-state index contributed by atoms with van der Waals surface area (Å²) >= 11 is 0. The van der Waals surface area contributed by atoms with Crippen molar-refractivity contribution in [3.8, 4) is 6.07 Å². The van der Waals surface area contributed by atoms with Crippen molar-refractivity contribution in [1.82, 2.24) is 10.2 Å². The third-order valence-electron chi connectivity index (χ3n) is 4.17. The number of nitrogens with zero attached hydrogens (tertiary/aromatic N) is 2. The molecule has 0 atom stereocenters. The maximum Gasteiger partial charge on any atom is 0.490 e. The first-order valence-corrected chi connectivity index (χ1v) is 8.24. The van der Waals surface area contributed by atoms with E-state index in [1.807, 2.05) is 0 Å². The van der Waals surface area contributed by atoms with Crippen LogP contribution >= 0.6 is 0 Å². The number of imide groups is 1. The lowest BCUT2D eigenvalue weighted by atomic mass is 10.0. The fourth-order valence-corrected chi connectivity index (χ4v) is 2.78. The van der Waals surface area contributed by atoms with Gasteiger partial charge in [0.25, 0.3) is 11.8 Å². The van der Waals surface area contributed by atoms with Gasteiger partial charge in [-0.15, -0.1) is 0 Å². The van der Waals surface area contributed by atoms with Crippen LogP contribution in [0.25, 0.3) is 0 Å². The molecule has 3 rings (SSSR count). The van der Waals surface area contributed by atoms with E-state index in [4.69, 9.17) is 9.90 Å². The molecule has 0 aliphatic carbocycles. The Bertz CT molecular complexity index is 829. The van der Waals surface area contributed by atoms with Gasteiger partial charge in [0, 0.05) is 12.1 Å². The maximum absolute atomic E-state index is 12.3. The second kappa shape index (κ2) is 8.67. The molecule has 1 saturated heterocycles. The van der Waals surface area contributed by atoms with Crippen molar-refractivity contribution in [1.29, 1.82) is 5.26 Å². The molecule has 7 nitrogen and oxygen atoms in total. The maximum atomic E-state index is 12.3. The highest BCUT2D eigenvalue weighted by molar-refractivity contribution is 6.21. The molecule has 0 unspecified atom stereocenters. The van der Waals surface area contributed by atoms with Crippen molar-refractivity contribution < 1.29 is 32.7 Å². The summed E-state index contributed by atoms with van der Waals surface area (Å²) in [4.78, 5) is 34.7. The average Bonchev–Trinajstić information content (AvgIpc) is 2.91. The van der Waals surface area contributed by atoms with Crippen LogP contribution in [0, 0.1) is 11.3 Å². The Kier molecular flexibility index (Phi) is 6.53. The van der Waals surface area contributed by atoms with E-state index < -0.39 is 12.1 Å². The summed E-state index contributed by atoms with van der Waals surface area (Å²) < 4.78 is 31.7. The molecule has 0 spiro atoms. The highest BCUT2D eigenvalue weighted by Crippen LogP contribution is 2.24. The van der Waals surface area contributed by atoms with E-state index in [1.54, 1.807) is 24.3 Å². The zero-order valence-electron chi connectivity index (χ0n) is 14.5. The number of fused-ring (bicyclic) bond motifs is 1. The van der Waals surface area contributed by atoms with Crippen LogP contribution in [-0.2, 0) is 4.79 Å². The SMILES string of the molecule is N#C/C(CN1C(=O)c2ccccc2C1=O)=C1/CCCNC1.O=C(O)C(F)(F)F. The summed E-state index contributed by atoms with van der Waals surface area (Å²) in [5, 5.41) is 19.7. The predicted octanol–water partition coefficient (Wildman–Crippen LogP) is 2.12. The number of aliphatic carboxylic acids is 1. The first kappa shape index (κ1) is 21.1. The molecule has 2 amide bonds. The molecule has 0 aromatic heterocycles. The monoisotopic (exact) mass is 395 g/mol. The first-order chi connectivity index (χ1) is 13.2. The van der Waals surface area contributed by atoms with Crippen molar-refractivity contribution in [2.45, 2.75) is 19.0 Å². The number of alkyl halides is 3. The van der Waals surface area contributed by atoms with Crippen LogP contribution in [0.5, 0.6) is 0 Å². The van der Waals surface area contributed by atoms with E-state index >= 15 is 0 Å². The third kappa shape index (κ3) is 4.75. The minimum Gasteiger partial charge on any atom is -0.475 e. The molecule has 0 radical (unpaired) electrons. The molecule has 0 bridgehead atoms. The minimum absolute atomic E-state index is 0.0693. The molecule has 2 aliphatic heterocycles. The van der Waals surface area contributed by atoms with E-state index in [0.717, 1.165) is 25.0 Å². The van der Waals surface area contributed by atoms with Crippen LogP contribution in [0.15, 0.2) is 35.4 Å². The number of hydrogen-bond acceptors (Lipinski definition) is 5. The Hall–Kier alpha value is -3.19. The van der Waals surface area contributed by atoms with Crippen LogP contribution < -0.4 is 5.32 Å². The molecule has 2 aliphatic rings. The lowest BCUT2D eigenvalue weighted by Crippen LogP contribution is -2.33.